The first-order valence-electron chi connectivity index (χ1n) is 7.16. The van der Waals surface area contributed by atoms with Crippen molar-refractivity contribution >= 4 is 50.4 Å². The van der Waals surface area contributed by atoms with E-state index in [0.29, 0.717) is 11.3 Å². The Balaban J connectivity index is 1.75. The molecule has 1 N–H and O–H groups in total. The summed E-state index contributed by atoms with van der Waals surface area (Å²) < 4.78 is 0.791. The predicted molar refractivity (Wildman–Crippen MR) is 96.9 cm³/mol. The molecular weight excluding hydrogens is 392 g/mol. The molecule has 3 rings (SSSR count). The number of thioether (sulfide) groups is 1. The Hall–Kier alpha value is -2.12. The summed E-state index contributed by atoms with van der Waals surface area (Å²) in [5.41, 5.74) is 1.88. The van der Waals surface area contributed by atoms with Gasteiger partial charge in [-0.15, -0.1) is 0 Å². The number of nitrogens with zero attached hydrogens (tertiary/aromatic N) is 1. The molecule has 0 atom stereocenters. The van der Waals surface area contributed by atoms with Gasteiger partial charge >= 0.3 is 0 Å². The van der Waals surface area contributed by atoms with Gasteiger partial charge < -0.3 is 5.32 Å². The molecule has 1 heterocycles. The molecule has 5 nitrogen and oxygen atoms in total. The highest BCUT2D eigenvalue weighted by molar-refractivity contribution is 9.10. The molecule has 0 bridgehead atoms. The molecule has 0 spiro atoms. The molecule has 0 radical (unpaired) electrons. The van der Waals surface area contributed by atoms with Gasteiger partial charge in [-0.2, -0.15) is 0 Å². The molecule has 0 aliphatic carbocycles. The zero-order valence-electron chi connectivity index (χ0n) is 12.5. The number of carbonyl (C=O) groups excluding carboxylic acids is 3. The lowest BCUT2D eigenvalue weighted by molar-refractivity contribution is -0.125. The number of rotatable bonds is 4. The highest BCUT2D eigenvalue weighted by atomic mass is 79.9. The third kappa shape index (κ3) is 3.68. The molecule has 1 fully saturated rings. The van der Waals surface area contributed by atoms with E-state index in [2.05, 4.69) is 21.2 Å². The van der Waals surface area contributed by atoms with Crippen LogP contribution in [0.15, 0.2) is 53.0 Å². The molecule has 1 aliphatic rings. The standard InChI is InChI=1S/C17H13BrN2O3S/c18-13-6-1-2-7-14(13)19-16(22)12-5-3-4-11(8-12)9-20-15(21)10-24-17(20)23/h1-8H,9-10H2,(H,19,22). The minimum atomic E-state index is -0.253. The minimum Gasteiger partial charge on any atom is -0.321 e. The van der Waals surface area contributed by atoms with Crippen LogP contribution >= 0.6 is 27.7 Å². The summed E-state index contributed by atoms with van der Waals surface area (Å²) in [5, 5.41) is 2.58. The van der Waals surface area contributed by atoms with Crippen LogP contribution in [0, 0.1) is 0 Å². The second-order valence-corrected chi connectivity index (χ2v) is 6.95. The van der Waals surface area contributed by atoms with Crippen molar-refractivity contribution in [1.29, 1.82) is 0 Å². The fourth-order valence-electron chi connectivity index (χ4n) is 2.28. The average molecular weight is 405 g/mol. The molecule has 3 amide bonds. The number of imide groups is 1. The van der Waals surface area contributed by atoms with Gasteiger partial charge in [0.05, 0.1) is 18.0 Å². The quantitative estimate of drug-likeness (QED) is 0.838. The Bertz CT molecular complexity index is 809. The second-order valence-electron chi connectivity index (χ2n) is 5.17. The maximum atomic E-state index is 12.4. The second kappa shape index (κ2) is 7.19. The van der Waals surface area contributed by atoms with Gasteiger partial charge in [-0.3, -0.25) is 19.3 Å². The normalized spacial score (nSPS) is 14.1. The molecule has 2 aromatic rings. The fraction of sp³-hybridized carbons (Fsp3) is 0.118. The van der Waals surface area contributed by atoms with Gasteiger partial charge in [-0.25, -0.2) is 0 Å². The highest BCUT2D eigenvalue weighted by Crippen LogP contribution is 2.23. The Kier molecular flexibility index (Phi) is 5.01. The Labute approximate surface area is 151 Å². The van der Waals surface area contributed by atoms with Gasteiger partial charge in [0.15, 0.2) is 0 Å². The largest absolute Gasteiger partial charge is 0.321 e. The lowest BCUT2D eigenvalue weighted by Crippen LogP contribution is -2.28. The number of halogens is 1. The number of benzene rings is 2. The van der Waals surface area contributed by atoms with Crippen LogP contribution in [-0.2, 0) is 11.3 Å². The lowest BCUT2D eigenvalue weighted by Gasteiger charge is -2.13. The molecule has 7 heteroatoms. The van der Waals surface area contributed by atoms with E-state index in [0.717, 1.165) is 21.8 Å². The fourth-order valence-corrected chi connectivity index (χ4v) is 3.39. The van der Waals surface area contributed by atoms with Crippen molar-refractivity contribution < 1.29 is 14.4 Å². The van der Waals surface area contributed by atoms with E-state index in [9.17, 15) is 14.4 Å². The first kappa shape index (κ1) is 16.7. The molecule has 24 heavy (non-hydrogen) atoms. The highest BCUT2D eigenvalue weighted by Gasteiger charge is 2.29. The van der Waals surface area contributed by atoms with E-state index in [-0.39, 0.29) is 29.4 Å². The topological polar surface area (TPSA) is 66.5 Å². The Morgan fingerprint density at radius 1 is 1.17 bits per heavy atom. The van der Waals surface area contributed by atoms with Gasteiger partial charge in [0.1, 0.15) is 0 Å². The number of carbonyl (C=O) groups is 3. The number of para-hydroxylation sites is 1. The zero-order chi connectivity index (χ0) is 17.1. The average Bonchev–Trinajstić information content (AvgIpc) is 2.89. The van der Waals surface area contributed by atoms with Gasteiger partial charge in [0.25, 0.3) is 11.1 Å². The van der Waals surface area contributed by atoms with Crippen LogP contribution < -0.4 is 5.32 Å². The van der Waals surface area contributed by atoms with E-state index in [4.69, 9.17) is 0 Å². The smallest absolute Gasteiger partial charge is 0.289 e. The molecule has 0 aromatic heterocycles. The van der Waals surface area contributed by atoms with Crippen molar-refractivity contribution in [1.82, 2.24) is 4.90 Å². The van der Waals surface area contributed by atoms with Crippen molar-refractivity contribution in [3.63, 3.8) is 0 Å². The van der Waals surface area contributed by atoms with Crippen molar-refractivity contribution in [2.75, 3.05) is 11.1 Å². The van der Waals surface area contributed by atoms with Gasteiger partial charge in [0, 0.05) is 10.0 Å². The summed E-state index contributed by atoms with van der Waals surface area (Å²) in [5.74, 6) is -0.272. The van der Waals surface area contributed by atoms with Gasteiger partial charge in [-0.05, 0) is 45.8 Å². The number of hydrogen-bond donors (Lipinski definition) is 1. The van der Waals surface area contributed by atoms with Crippen molar-refractivity contribution in [2.24, 2.45) is 0 Å². The van der Waals surface area contributed by atoms with Crippen LogP contribution in [0.2, 0.25) is 0 Å². The number of hydrogen-bond acceptors (Lipinski definition) is 4. The van der Waals surface area contributed by atoms with E-state index >= 15 is 0 Å². The third-order valence-electron chi connectivity index (χ3n) is 3.49. The zero-order valence-corrected chi connectivity index (χ0v) is 14.9. The summed E-state index contributed by atoms with van der Waals surface area (Å²) in [7, 11) is 0. The molecule has 0 saturated carbocycles. The maximum Gasteiger partial charge on any atom is 0.289 e. The first-order valence-corrected chi connectivity index (χ1v) is 8.94. The Morgan fingerprint density at radius 2 is 1.96 bits per heavy atom. The van der Waals surface area contributed by atoms with Crippen LogP contribution in [0.25, 0.3) is 0 Å². The number of anilines is 1. The van der Waals surface area contributed by atoms with Crippen LogP contribution in [0.4, 0.5) is 10.5 Å². The van der Waals surface area contributed by atoms with Crippen LogP contribution in [0.3, 0.4) is 0 Å². The lowest BCUT2D eigenvalue weighted by atomic mass is 10.1. The van der Waals surface area contributed by atoms with E-state index in [1.165, 1.54) is 4.90 Å². The van der Waals surface area contributed by atoms with Crippen molar-refractivity contribution in [2.45, 2.75) is 6.54 Å². The van der Waals surface area contributed by atoms with E-state index in [1.54, 1.807) is 30.3 Å². The molecule has 122 valence electrons. The van der Waals surface area contributed by atoms with Crippen LogP contribution in [0.5, 0.6) is 0 Å². The summed E-state index contributed by atoms with van der Waals surface area (Å²) in [6.45, 7) is 0.181. The summed E-state index contributed by atoms with van der Waals surface area (Å²) >= 11 is 4.38. The van der Waals surface area contributed by atoms with E-state index in [1.807, 2.05) is 18.2 Å². The summed E-state index contributed by atoms with van der Waals surface area (Å²) in [4.78, 5) is 37.0. The predicted octanol–water partition coefficient (Wildman–Crippen LogP) is 3.90. The van der Waals surface area contributed by atoms with Gasteiger partial charge in [-0.1, -0.05) is 36.0 Å². The van der Waals surface area contributed by atoms with Crippen LogP contribution in [0.1, 0.15) is 15.9 Å². The van der Waals surface area contributed by atoms with Crippen LogP contribution in [-0.4, -0.2) is 27.7 Å². The summed E-state index contributed by atoms with van der Waals surface area (Å²) in [6, 6.07) is 14.2. The Morgan fingerprint density at radius 3 is 2.67 bits per heavy atom. The van der Waals surface area contributed by atoms with Crippen molar-refractivity contribution in [3.05, 3.63) is 64.1 Å². The monoisotopic (exact) mass is 404 g/mol. The maximum absolute atomic E-state index is 12.4. The molecule has 0 unspecified atom stereocenters. The number of nitrogens with one attached hydrogen (secondary N) is 1. The molecule has 1 aliphatic heterocycles. The summed E-state index contributed by atoms with van der Waals surface area (Å²) in [6.07, 6.45) is 0. The van der Waals surface area contributed by atoms with E-state index < -0.39 is 0 Å². The van der Waals surface area contributed by atoms with Crippen molar-refractivity contribution in [3.8, 4) is 0 Å². The minimum absolute atomic E-state index is 0.181. The number of amides is 3. The van der Waals surface area contributed by atoms with Gasteiger partial charge in [0.2, 0.25) is 5.91 Å². The first-order chi connectivity index (χ1) is 11.5. The SMILES string of the molecule is O=C(Nc1ccccc1Br)c1cccc(CN2C(=O)CSC2=O)c1. The third-order valence-corrected chi connectivity index (χ3v) is 5.04. The molecule has 1 saturated heterocycles. The molecular formula is C17H13BrN2O3S. The molecule has 2 aromatic carbocycles.